The van der Waals surface area contributed by atoms with Crippen molar-refractivity contribution in [2.45, 2.75) is 65.3 Å². The van der Waals surface area contributed by atoms with Crippen LogP contribution in [-0.4, -0.2) is 15.0 Å². The summed E-state index contributed by atoms with van der Waals surface area (Å²) >= 11 is 0. The molecule has 1 heterocycles. The molecule has 0 amide bonds. The van der Waals surface area contributed by atoms with Crippen molar-refractivity contribution in [3.05, 3.63) is 24.0 Å². The van der Waals surface area contributed by atoms with Gasteiger partial charge in [0.25, 0.3) is 0 Å². The van der Waals surface area contributed by atoms with E-state index in [1.165, 1.54) is 38.5 Å². The molecule has 0 aliphatic rings. The van der Waals surface area contributed by atoms with Crippen LogP contribution in [0.1, 0.15) is 58.1 Å². The predicted octanol–water partition coefficient (Wildman–Crippen LogP) is 3.76. The van der Waals surface area contributed by atoms with Crippen molar-refractivity contribution in [1.29, 1.82) is 0 Å². The molecular formula is C14H25N3. The van der Waals surface area contributed by atoms with Crippen molar-refractivity contribution in [2.24, 2.45) is 0 Å². The monoisotopic (exact) mass is 235 g/mol. The number of aromatic nitrogens is 3. The average Bonchev–Trinajstić information content (AvgIpc) is 2.70. The molecule has 0 saturated carbocycles. The second-order valence-electron chi connectivity index (χ2n) is 4.87. The highest BCUT2D eigenvalue weighted by atomic mass is 15.4. The summed E-state index contributed by atoms with van der Waals surface area (Å²) in [6, 6.07) is 0. The third-order valence-corrected chi connectivity index (χ3v) is 2.81. The van der Waals surface area contributed by atoms with Crippen LogP contribution in [0, 0.1) is 0 Å². The molecule has 17 heavy (non-hydrogen) atoms. The number of aryl methyl sites for hydroxylation is 1. The molecule has 0 aliphatic carbocycles. The van der Waals surface area contributed by atoms with E-state index in [4.69, 9.17) is 0 Å². The summed E-state index contributed by atoms with van der Waals surface area (Å²) in [4.78, 5) is 0. The van der Waals surface area contributed by atoms with Crippen molar-refractivity contribution in [1.82, 2.24) is 15.0 Å². The Morgan fingerprint density at radius 2 is 1.94 bits per heavy atom. The molecule has 0 atom stereocenters. The number of unbranched alkanes of at least 4 members (excludes halogenated alkanes) is 5. The molecule has 0 spiro atoms. The Kier molecular flexibility index (Phi) is 6.60. The maximum absolute atomic E-state index is 4.14. The third kappa shape index (κ3) is 6.25. The summed E-state index contributed by atoms with van der Waals surface area (Å²) in [7, 11) is 0. The molecule has 1 aromatic heterocycles. The van der Waals surface area contributed by atoms with Crippen LogP contribution in [0.4, 0.5) is 0 Å². The second-order valence-corrected chi connectivity index (χ2v) is 4.87. The molecule has 0 unspecified atom stereocenters. The van der Waals surface area contributed by atoms with Crippen LogP contribution in [0.5, 0.6) is 0 Å². The fraction of sp³-hybridized carbons (Fsp3) is 0.714. The summed E-state index contributed by atoms with van der Waals surface area (Å²) in [5, 5.41) is 8.27. The average molecular weight is 235 g/mol. The van der Waals surface area contributed by atoms with Crippen molar-refractivity contribution < 1.29 is 0 Å². The van der Waals surface area contributed by atoms with E-state index < -0.39 is 0 Å². The van der Waals surface area contributed by atoms with Gasteiger partial charge in [-0.2, -0.15) is 0 Å². The summed E-state index contributed by atoms with van der Waals surface area (Å²) < 4.78 is 1.96. The molecule has 0 aromatic carbocycles. The van der Waals surface area contributed by atoms with Gasteiger partial charge >= 0.3 is 0 Å². The Hall–Kier alpha value is -1.12. The quantitative estimate of drug-likeness (QED) is 0.482. The van der Waals surface area contributed by atoms with Crippen LogP contribution in [-0.2, 0) is 13.0 Å². The summed E-state index contributed by atoms with van der Waals surface area (Å²) in [6.07, 6.45) is 10.8. The minimum atomic E-state index is 0.844. The van der Waals surface area contributed by atoms with Crippen molar-refractivity contribution >= 4 is 0 Å². The van der Waals surface area contributed by atoms with Gasteiger partial charge < -0.3 is 0 Å². The van der Waals surface area contributed by atoms with Gasteiger partial charge in [-0.1, -0.05) is 56.4 Å². The first kappa shape index (κ1) is 13.9. The zero-order valence-electron chi connectivity index (χ0n) is 11.3. The lowest BCUT2D eigenvalue weighted by Crippen LogP contribution is -1.98. The Bertz CT molecular complexity index is 328. The van der Waals surface area contributed by atoms with Gasteiger partial charge in [0.05, 0.1) is 5.69 Å². The predicted molar refractivity (Wildman–Crippen MR) is 71.9 cm³/mol. The van der Waals surface area contributed by atoms with Gasteiger partial charge in [-0.05, 0) is 13.3 Å². The van der Waals surface area contributed by atoms with Gasteiger partial charge in [0, 0.05) is 19.2 Å². The molecule has 0 aliphatic heterocycles. The Morgan fingerprint density at radius 3 is 2.65 bits per heavy atom. The number of rotatable bonds is 9. The maximum atomic E-state index is 4.14. The van der Waals surface area contributed by atoms with E-state index >= 15 is 0 Å². The molecule has 0 bridgehead atoms. The van der Waals surface area contributed by atoms with Gasteiger partial charge in [-0.15, -0.1) is 5.10 Å². The van der Waals surface area contributed by atoms with E-state index in [0.29, 0.717) is 0 Å². The van der Waals surface area contributed by atoms with Gasteiger partial charge in [-0.25, -0.2) is 0 Å². The van der Waals surface area contributed by atoms with Crippen molar-refractivity contribution in [3.63, 3.8) is 0 Å². The number of hydrogen-bond acceptors (Lipinski definition) is 2. The maximum Gasteiger partial charge on any atom is 0.0867 e. The lowest BCUT2D eigenvalue weighted by Gasteiger charge is -2.00. The summed E-state index contributed by atoms with van der Waals surface area (Å²) in [5.41, 5.74) is 2.17. The van der Waals surface area contributed by atoms with Gasteiger partial charge in [0.15, 0.2) is 0 Å². The first-order valence-electron chi connectivity index (χ1n) is 6.75. The van der Waals surface area contributed by atoms with E-state index in [0.717, 1.165) is 24.2 Å². The lowest BCUT2D eigenvalue weighted by atomic mass is 10.1. The molecule has 0 saturated heterocycles. The summed E-state index contributed by atoms with van der Waals surface area (Å²) in [5.74, 6) is 0. The minimum absolute atomic E-state index is 0.844. The first-order valence-corrected chi connectivity index (χ1v) is 6.75. The Morgan fingerprint density at radius 1 is 1.24 bits per heavy atom. The fourth-order valence-corrected chi connectivity index (χ4v) is 1.89. The lowest BCUT2D eigenvalue weighted by molar-refractivity contribution is 0.516. The first-order chi connectivity index (χ1) is 8.22. The number of allylic oxidation sites excluding steroid dienone is 1. The second kappa shape index (κ2) is 8.04. The minimum Gasteiger partial charge on any atom is -0.252 e. The zero-order valence-corrected chi connectivity index (χ0v) is 11.3. The smallest absolute Gasteiger partial charge is 0.0867 e. The van der Waals surface area contributed by atoms with E-state index in [1.807, 2.05) is 17.8 Å². The molecule has 0 N–H and O–H groups in total. The molecule has 0 fully saturated rings. The SMILES string of the molecule is C=C(C)Cc1cn(CCCCCCCC)nn1. The molecule has 1 aromatic rings. The van der Waals surface area contributed by atoms with E-state index in [2.05, 4.69) is 23.8 Å². The number of nitrogens with zero attached hydrogens (tertiary/aromatic N) is 3. The molecular weight excluding hydrogens is 210 g/mol. The molecule has 1 rings (SSSR count). The van der Waals surface area contributed by atoms with Gasteiger partial charge in [0.2, 0.25) is 0 Å². The van der Waals surface area contributed by atoms with Crippen LogP contribution in [0.2, 0.25) is 0 Å². The molecule has 0 radical (unpaired) electrons. The van der Waals surface area contributed by atoms with Crippen LogP contribution >= 0.6 is 0 Å². The molecule has 96 valence electrons. The van der Waals surface area contributed by atoms with Gasteiger partial charge in [-0.3, -0.25) is 4.68 Å². The number of hydrogen-bond donors (Lipinski definition) is 0. The van der Waals surface area contributed by atoms with Crippen molar-refractivity contribution in [2.75, 3.05) is 0 Å². The van der Waals surface area contributed by atoms with Crippen molar-refractivity contribution in [3.8, 4) is 0 Å². The highest BCUT2D eigenvalue weighted by molar-refractivity contribution is 5.05. The molecule has 3 nitrogen and oxygen atoms in total. The van der Waals surface area contributed by atoms with Crippen LogP contribution in [0.15, 0.2) is 18.3 Å². The van der Waals surface area contributed by atoms with E-state index in [1.54, 1.807) is 0 Å². The third-order valence-electron chi connectivity index (χ3n) is 2.81. The zero-order chi connectivity index (χ0) is 12.5. The fourth-order valence-electron chi connectivity index (χ4n) is 1.89. The van der Waals surface area contributed by atoms with Crippen LogP contribution in [0.3, 0.4) is 0 Å². The summed E-state index contributed by atoms with van der Waals surface area (Å²) in [6.45, 7) is 9.15. The van der Waals surface area contributed by atoms with Gasteiger partial charge in [0.1, 0.15) is 0 Å². The topological polar surface area (TPSA) is 30.7 Å². The van der Waals surface area contributed by atoms with E-state index in [-0.39, 0.29) is 0 Å². The van der Waals surface area contributed by atoms with Crippen LogP contribution in [0.25, 0.3) is 0 Å². The Labute approximate surface area is 105 Å². The highest BCUT2D eigenvalue weighted by Gasteiger charge is 2.00. The standard InChI is InChI=1S/C14H25N3/c1-4-5-6-7-8-9-10-17-12-14(15-16-17)11-13(2)3/h12H,2,4-11H2,1,3H3. The highest BCUT2D eigenvalue weighted by Crippen LogP contribution is 2.07. The van der Waals surface area contributed by atoms with Crippen LogP contribution < -0.4 is 0 Å². The largest absolute Gasteiger partial charge is 0.252 e. The van der Waals surface area contributed by atoms with E-state index in [9.17, 15) is 0 Å². The molecule has 3 heteroatoms. The normalized spacial score (nSPS) is 10.7. The Balaban J connectivity index is 2.14.